The first kappa shape index (κ1) is 19.3. The highest BCUT2D eigenvalue weighted by molar-refractivity contribution is 7.20. The highest BCUT2D eigenvalue weighted by Crippen LogP contribution is 2.28. The third-order valence-electron chi connectivity index (χ3n) is 3.41. The molecule has 9 heteroatoms. The first-order chi connectivity index (χ1) is 13.0. The molecular formula is C18H15ClN2O4S2. The van der Waals surface area contributed by atoms with Crippen LogP contribution in [0.1, 0.15) is 5.69 Å². The number of methoxy groups -OCH3 is 1. The lowest BCUT2D eigenvalue weighted by Crippen LogP contribution is -2.22. The zero-order valence-electron chi connectivity index (χ0n) is 14.2. The van der Waals surface area contributed by atoms with Gasteiger partial charge in [-0.2, -0.15) is 0 Å². The zero-order chi connectivity index (χ0) is 19.2. The Kier molecular flexibility index (Phi) is 6.44. The fraction of sp³-hybridized carbons (Fsp3) is 0.167. The Morgan fingerprint density at radius 2 is 2.11 bits per heavy atom. The topological polar surface area (TPSA) is 77.5 Å². The van der Waals surface area contributed by atoms with E-state index in [9.17, 15) is 9.59 Å². The number of halogens is 1. The van der Waals surface area contributed by atoms with Crippen molar-refractivity contribution in [3.8, 4) is 15.6 Å². The summed E-state index contributed by atoms with van der Waals surface area (Å²) in [5.41, 5.74) is 1.02. The van der Waals surface area contributed by atoms with Gasteiger partial charge in [0.1, 0.15) is 10.8 Å². The molecule has 0 fully saturated rings. The van der Waals surface area contributed by atoms with Crippen LogP contribution in [0.25, 0.3) is 9.88 Å². The molecule has 2 heterocycles. The molecule has 27 heavy (non-hydrogen) atoms. The standard InChI is InChI=1S/C18H15ClN2O4S2/c1-24-14-5-4-11(19)7-13(14)21-16(22)9-25-17(23)8-12-10-27-18(20-12)15-3-2-6-26-15/h2-7,10H,8-9H2,1H3,(H,21,22). The fourth-order valence-corrected chi connectivity index (χ4v) is 4.02. The van der Waals surface area contributed by atoms with Crippen molar-refractivity contribution in [2.75, 3.05) is 19.0 Å². The number of nitrogens with zero attached hydrogens (tertiary/aromatic N) is 1. The summed E-state index contributed by atoms with van der Waals surface area (Å²) in [4.78, 5) is 29.4. The van der Waals surface area contributed by atoms with E-state index >= 15 is 0 Å². The van der Waals surface area contributed by atoms with Crippen LogP contribution in [-0.2, 0) is 20.7 Å². The smallest absolute Gasteiger partial charge is 0.312 e. The number of esters is 1. The van der Waals surface area contributed by atoms with E-state index in [1.54, 1.807) is 29.5 Å². The van der Waals surface area contributed by atoms with Gasteiger partial charge in [-0.3, -0.25) is 9.59 Å². The first-order valence-corrected chi connectivity index (χ1v) is 9.96. The van der Waals surface area contributed by atoms with Crippen LogP contribution in [0.2, 0.25) is 5.02 Å². The quantitative estimate of drug-likeness (QED) is 0.575. The van der Waals surface area contributed by atoms with Gasteiger partial charge in [-0.25, -0.2) is 4.98 Å². The van der Waals surface area contributed by atoms with E-state index in [0.717, 1.165) is 9.88 Å². The van der Waals surface area contributed by atoms with Crippen LogP contribution < -0.4 is 10.1 Å². The molecule has 140 valence electrons. The minimum atomic E-state index is -0.522. The van der Waals surface area contributed by atoms with Crippen LogP contribution in [0, 0.1) is 0 Å². The van der Waals surface area contributed by atoms with Crippen molar-refractivity contribution in [2.24, 2.45) is 0 Å². The maximum Gasteiger partial charge on any atom is 0.312 e. The normalized spacial score (nSPS) is 10.4. The average Bonchev–Trinajstić information content (AvgIpc) is 3.32. The molecule has 0 spiro atoms. The molecule has 0 bridgehead atoms. The van der Waals surface area contributed by atoms with Crippen molar-refractivity contribution in [1.29, 1.82) is 0 Å². The minimum absolute atomic E-state index is 0.00956. The van der Waals surface area contributed by atoms with Crippen molar-refractivity contribution in [2.45, 2.75) is 6.42 Å². The maximum absolute atomic E-state index is 12.0. The third kappa shape index (κ3) is 5.29. The number of hydrogen-bond donors (Lipinski definition) is 1. The SMILES string of the molecule is COc1ccc(Cl)cc1NC(=O)COC(=O)Cc1csc(-c2cccs2)n1. The van der Waals surface area contributed by atoms with Gasteiger partial charge in [0.15, 0.2) is 6.61 Å². The summed E-state index contributed by atoms with van der Waals surface area (Å²) in [5.74, 6) is -0.546. The maximum atomic E-state index is 12.0. The van der Waals surface area contributed by atoms with Crippen molar-refractivity contribution >= 4 is 51.8 Å². The molecule has 1 N–H and O–H groups in total. The molecule has 0 aliphatic carbocycles. The predicted octanol–water partition coefficient (Wildman–Crippen LogP) is 4.26. The summed E-state index contributed by atoms with van der Waals surface area (Å²) in [6, 6.07) is 8.76. The van der Waals surface area contributed by atoms with Crippen molar-refractivity contribution < 1.29 is 19.1 Å². The summed E-state index contributed by atoms with van der Waals surface area (Å²) in [6.45, 7) is -0.406. The number of nitrogens with one attached hydrogen (secondary N) is 1. The highest BCUT2D eigenvalue weighted by atomic mass is 35.5. The van der Waals surface area contributed by atoms with Crippen LogP contribution in [0.15, 0.2) is 41.1 Å². The van der Waals surface area contributed by atoms with Gasteiger partial charge >= 0.3 is 5.97 Å². The minimum Gasteiger partial charge on any atom is -0.495 e. The lowest BCUT2D eigenvalue weighted by Gasteiger charge is -2.10. The van der Waals surface area contributed by atoms with Crippen molar-refractivity contribution in [3.63, 3.8) is 0 Å². The van der Waals surface area contributed by atoms with E-state index in [4.69, 9.17) is 21.1 Å². The molecule has 0 saturated carbocycles. The van der Waals surface area contributed by atoms with Crippen LogP contribution in [0.3, 0.4) is 0 Å². The van der Waals surface area contributed by atoms with Crippen molar-refractivity contribution in [1.82, 2.24) is 4.98 Å². The number of hydrogen-bond acceptors (Lipinski definition) is 7. The number of anilines is 1. The largest absolute Gasteiger partial charge is 0.495 e. The van der Waals surface area contributed by atoms with E-state index in [1.807, 2.05) is 22.9 Å². The van der Waals surface area contributed by atoms with E-state index in [2.05, 4.69) is 10.3 Å². The van der Waals surface area contributed by atoms with E-state index < -0.39 is 18.5 Å². The lowest BCUT2D eigenvalue weighted by atomic mass is 10.3. The van der Waals surface area contributed by atoms with Crippen molar-refractivity contribution in [3.05, 3.63) is 51.8 Å². The second-order valence-corrected chi connectivity index (χ2v) is 7.59. The van der Waals surface area contributed by atoms with Gasteiger partial charge in [-0.15, -0.1) is 22.7 Å². The number of amides is 1. The van der Waals surface area contributed by atoms with Gasteiger partial charge in [0, 0.05) is 10.4 Å². The Morgan fingerprint density at radius 3 is 2.85 bits per heavy atom. The second-order valence-electron chi connectivity index (χ2n) is 5.35. The van der Waals surface area contributed by atoms with Crippen LogP contribution in [0.4, 0.5) is 5.69 Å². The average molecular weight is 423 g/mol. The number of carbonyl (C=O) groups excluding carboxylic acids is 2. The molecule has 1 aromatic carbocycles. The molecule has 0 saturated heterocycles. The predicted molar refractivity (Wildman–Crippen MR) is 107 cm³/mol. The highest BCUT2D eigenvalue weighted by Gasteiger charge is 2.14. The molecule has 6 nitrogen and oxygen atoms in total. The second kappa shape index (κ2) is 8.98. The number of thiophene rings is 1. The number of ether oxygens (including phenoxy) is 2. The molecule has 3 aromatic rings. The van der Waals surface area contributed by atoms with E-state index in [1.165, 1.54) is 18.4 Å². The number of rotatable bonds is 7. The Morgan fingerprint density at radius 1 is 1.26 bits per heavy atom. The van der Waals surface area contributed by atoms with Gasteiger partial charge in [0.2, 0.25) is 0 Å². The molecule has 0 aliphatic rings. The number of aromatic nitrogens is 1. The van der Waals surface area contributed by atoms with Gasteiger partial charge in [-0.05, 0) is 29.6 Å². The Hall–Kier alpha value is -2.42. The summed E-state index contributed by atoms with van der Waals surface area (Å²) in [6.07, 6.45) is 0.00956. The summed E-state index contributed by atoms with van der Waals surface area (Å²) in [7, 11) is 1.48. The summed E-state index contributed by atoms with van der Waals surface area (Å²) in [5, 5.41) is 7.70. The molecule has 0 atom stereocenters. The van der Waals surface area contributed by atoms with Crippen LogP contribution >= 0.6 is 34.3 Å². The molecule has 1 amide bonds. The lowest BCUT2D eigenvalue weighted by molar-refractivity contribution is -0.146. The molecule has 3 rings (SSSR count). The number of thiazole rings is 1. The van der Waals surface area contributed by atoms with E-state index in [-0.39, 0.29) is 6.42 Å². The van der Waals surface area contributed by atoms with E-state index in [0.29, 0.717) is 22.2 Å². The summed E-state index contributed by atoms with van der Waals surface area (Å²) < 4.78 is 10.2. The fourth-order valence-electron chi connectivity index (χ4n) is 2.21. The Bertz CT molecular complexity index is 941. The van der Waals surface area contributed by atoms with Gasteiger partial charge in [-0.1, -0.05) is 17.7 Å². The zero-order valence-corrected chi connectivity index (χ0v) is 16.6. The number of carbonyl (C=O) groups is 2. The first-order valence-electron chi connectivity index (χ1n) is 7.82. The van der Waals surface area contributed by atoms with Gasteiger partial charge < -0.3 is 14.8 Å². The molecular weight excluding hydrogens is 408 g/mol. The Labute approximate surface area is 168 Å². The molecule has 0 aliphatic heterocycles. The third-order valence-corrected chi connectivity index (χ3v) is 5.57. The molecule has 0 unspecified atom stereocenters. The summed E-state index contributed by atoms with van der Waals surface area (Å²) >= 11 is 8.97. The van der Waals surface area contributed by atoms with Crippen LogP contribution in [0.5, 0.6) is 5.75 Å². The molecule has 2 aromatic heterocycles. The number of benzene rings is 1. The van der Waals surface area contributed by atoms with Crippen LogP contribution in [-0.4, -0.2) is 30.6 Å². The Balaban J connectivity index is 1.50. The van der Waals surface area contributed by atoms with Gasteiger partial charge in [0.25, 0.3) is 5.91 Å². The molecule has 0 radical (unpaired) electrons. The van der Waals surface area contributed by atoms with Gasteiger partial charge in [0.05, 0.1) is 29.8 Å². The monoisotopic (exact) mass is 422 g/mol.